The molecule has 1 N–H and O–H groups in total. The second kappa shape index (κ2) is 3.61. The minimum Gasteiger partial charge on any atom is -0.386 e. The van der Waals surface area contributed by atoms with E-state index in [2.05, 4.69) is 20.4 Å². The molecule has 0 aromatic rings. The van der Waals surface area contributed by atoms with E-state index in [0.29, 0.717) is 0 Å². The van der Waals surface area contributed by atoms with Crippen molar-refractivity contribution in [1.29, 1.82) is 0 Å². The van der Waals surface area contributed by atoms with E-state index in [0.717, 1.165) is 37.5 Å². The second-order valence-corrected chi connectivity index (χ2v) is 4.39. The van der Waals surface area contributed by atoms with E-state index in [1.165, 1.54) is 0 Å². The van der Waals surface area contributed by atoms with Gasteiger partial charge in [-0.1, -0.05) is 19.9 Å². The van der Waals surface area contributed by atoms with Gasteiger partial charge in [-0.2, -0.15) is 0 Å². The molecule has 1 saturated carbocycles. The highest BCUT2D eigenvalue weighted by molar-refractivity contribution is 4.98. The molecule has 1 aliphatic rings. The van der Waals surface area contributed by atoms with Crippen LogP contribution >= 0.6 is 0 Å². The van der Waals surface area contributed by atoms with Gasteiger partial charge in [-0.15, -0.1) is 6.58 Å². The molecule has 0 amide bonds. The number of hydrogen-bond donors (Lipinski definition) is 1. The largest absolute Gasteiger partial charge is 0.386 e. The molecule has 0 saturated heterocycles. The smallest absolute Gasteiger partial charge is 0.0825 e. The Morgan fingerprint density at radius 1 is 1.42 bits per heavy atom. The molecule has 1 heteroatoms. The van der Waals surface area contributed by atoms with Gasteiger partial charge in [0.25, 0.3) is 0 Å². The predicted molar refractivity (Wildman–Crippen MR) is 51.9 cm³/mol. The first-order chi connectivity index (χ1) is 5.57. The van der Waals surface area contributed by atoms with Crippen LogP contribution in [0.4, 0.5) is 0 Å². The summed E-state index contributed by atoms with van der Waals surface area (Å²) in [6.45, 7) is 8.21. The van der Waals surface area contributed by atoms with Crippen molar-refractivity contribution >= 4 is 0 Å². The Kier molecular flexibility index (Phi) is 2.94. The lowest BCUT2D eigenvalue weighted by molar-refractivity contribution is 0.0278. The average Bonchev–Trinajstić information content (AvgIpc) is 2.05. The molecular formula is C11H20O. The summed E-state index contributed by atoms with van der Waals surface area (Å²) in [6, 6.07) is 0. The van der Waals surface area contributed by atoms with Crippen LogP contribution in [-0.4, -0.2) is 10.7 Å². The van der Waals surface area contributed by atoms with Gasteiger partial charge in [0, 0.05) is 0 Å². The summed E-state index contributed by atoms with van der Waals surface area (Å²) >= 11 is 0. The third kappa shape index (κ3) is 2.10. The number of rotatable bonds is 2. The molecule has 0 radical (unpaired) electrons. The zero-order valence-electron chi connectivity index (χ0n) is 8.21. The van der Waals surface area contributed by atoms with Gasteiger partial charge in [0.1, 0.15) is 0 Å². The predicted octanol–water partition coefficient (Wildman–Crippen LogP) is 2.75. The first-order valence-electron chi connectivity index (χ1n) is 4.93. The van der Waals surface area contributed by atoms with Gasteiger partial charge in [0.15, 0.2) is 0 Å². The molecule has 0 unspecified atom stereocenters. The first kappa shape index (κ1) is 9.79. The second-order valence-electron chi connectivity index (χ2n) is 4.39. The van der Waals surface area contributed by atoms with Crippen LogP contribution in [0.15, 0.2) is 12.7 Å². The van der Waals surface area contributed by atoms with Crippen LogP contribution in [0.3, 0.4) is 0 Å². The van der Waals surface area contributed by atoms with Gasteiger partial charge in [-0.3, -0.25) is 0 Å². The van der Waals surface area contributed by atoms with E-state index in [4.69, 9.17) is 0 Å². The number of aliphatic hydroxyl groups is 1. The quantitative estimate of drug-likeness (QED) is 0.629. The van der Waals surface area contributed by atoms with Crippen molar-refractivity contribution in [3.8, 4) is 0 Å². The van der Waals surface area contributed by atoms with Crippen molar-refractivity contribution in [2.24, 2.45) is 11.8 Å². The van der Waals surface area contributed by atoms with E-state index < -0.39 is 5.60 Å². The lowest BCUT2D eigenvalue weighted by Crippen LogP contribution is -2.32. The molecule has 1 fully saturated rings. The molecule has 70 valence electrons. The molecule has 0 aliphatic heterocycles. The van der Waals surface area contributed by atoms with Crippen LogP contribution in [0, 0.1) is 11.8 Å². The normalized spacial score (nSPS) is 36.8. The highest BCUT2D eigenvalue weighted by Gasteiger charge is 2.31. The van der Waals surface area contributed by atoms with Crippen molar-refractivity contribution in [2.45, 2.75) is 45.1 Å². The summed E-state index contributed by atoms with van der Waals surface area (Å²) in [4.78, 5) is 0. The van der Waals surface area contributed by atoms with E-state index in [9.17, 15) is 5.11 Å². The summed E-state index contributed by atoms with van der Waals surface area (Å²) in [5.74, 6) is 1.57. The first-order valence-corrected chi connectivity index (χ1v) is 4.93. The molecule has 1 rings (SSSR count). The van der Waals surface area contributed by atoms with Crippen LogP contribution in [-0.2, 0) is 0 Å². The zero-order chi connectivity index (χ0) is 9.19. The molecule has 0 heterocycles. The molecular weight excluding hydrogens is 148 g/mol. The van der Waals surface area contributed by atoms with E-state index in [1.54, 1.807) is 6.08 Å². The summed E-state index contributed by atoms with van der Waals surface area (Å²) in [5, 5.41) is 9.86. The zero-order valence-corrected chi connectivity index (χ0v) is 8.21. The minimum atomic E-state index is -0.550. The van der Waals surface area contributed by atoms with Gasteiger partial charge in [-0.25, -0.2) is 0 Å². The van der Waals surface area contributed by atoms with E-state index in [-0.39, 0.29) is 0 Å². The minimum absolute atomic E-state index is 0.550. The maximum atomic E-state index is 9.86. The molecule has 1 nitrogen and oxygen atoms in total. The van der Waals surface area contributed by atoms with Crippen molar-refractivity contribution in [3.63, 3.8) is 0 Å². The summed E-state index contributed by atoms with van der Waals surface area (Å²) in [6.07, 6.45) is 5.82. The monoisotopic (exact) mass is 168 g/mol. The number of hydrogen-bond acceptors (Lipinski definition) is 1. The molecule has 0 aromatic heterocycles. The Morgan fingerprint density at radius 2 is 1.92 bits per heavy atom. The van der Waals surface area contributed by atoms with Crippen molar-refractivity contribution < 1.29 is 5.11 Å². The lowest BCUT2D eigenvalue weighted by atomic mass is 9.75. The fourth-order valence-electron chi connectivity index (χ4n) is 2.01. The fourth-order valence-corrected chi connectivity index (χ4v) is 2.01. The van der Waals surface area contributed by atoms with Gasteiger partial charge in [0.2, 0.25) is 0 Å². The van der Waals surface area contributed by atoms with Gasteiger partial charge >= 0.3 is 0 Å². The Hall–Kier alpha value is -0.300. The summed E-state index contributed by atoms with van der Waals surface area (Å²) < 4.78 is 0. The van der Waals surface area contributed by atoms with Crippen molar-refractivity contribution in [1.82, 2.24) is 0 Å². The van der Waals surface area contributed by atoms with Crippen molar-refractivity contribution in [3.05, 3.63) is 12.7 Å². The summed E-state index contributed by atoms with van der Waals surface area (Å²) in [5.41, 5.74) is -0.550. The average molecular weight is 168 g/mol. The lowest BCUT2D eigenvalue weighted by Gasteiger charge is -2.35. The van der Waals surface area contributed by atoms with Crippen LogP contribution in [0.5, 0.6) is 0 Å². The Balaban J connectivity index is 2.44. The highest BCUT2D eigenvalue weighted by atomic mass is 16.3. The van der Waals surface area contributed by atoms with Crippen LogP contribution in [0.2, 0.25) is 0 Å². The van der Waals surface area contributed by atoms with Gasteiger partial charge < -0.3 is 5.11 Å². The van der Waals surface area contributed by atoms with Crippen molar-refractivity contribution in [2.75, 3.05) is 0 Å². The molecule has 0 spiro atoms. The standard InChI is InChI=1S/C11H20O/c1-4-11(12)7-5-10(6-8-11)9(2)3/h4,9-10,12H,1,5-8H2,2-3H3. The van der Waals surface area contributed by atoms with Crippen LogP contribution in [0.1, 0.15) is 39.5 Å². The molecule has 0 bridgehead atoms. The topological polar surface area (TPSA) is 20.2 Å². The van der Waals surface area contributed by atoms with Gasteiger partial charge in [-0.05, 0) is 37.5 Å². The van der Waals surface area contributed by atoms with Crippen LogP contribution < -0.4 is 0 Å². The van der Waals surface area contributed by atoms with E-state index >= 15 is 0 Å². The molecule has 0 atom stereocenters. The third-order valence-electron chi connectivity index (χ3n) is 3.22. The Bertz CT molecular complexity index is 152. The Labute approximate surface area is 75.5 Å². The third-order valence-corrected chi connectivity index (χ3v) is 3.22. The Morgan fingerprint density at radius 3 is 2.25 bits per heavy atom. The van der Waals surface area contributed by atoms with Crippen LogP contribution in [0.25, 0.3) is 0 Å². The summed E-state index contributed by atoms with van der Waals surface area (Å²) in [7, 11) is 0. The highest BCUT2D eigenvalue weighted by Crippen LogP contribution is 2.36. The fraction of sp³-hybridized carbons (Fsp3) is 0.818. The molecule has 0 aromatic carbocycles. The molecule has 12 heavy (non-hydrogen) atoms. The molecule has 1 aliphatic carbocycles. The SMILES string of the molecule is C=CC1(O)CCC(C(C)C)CC1. The maximum Gasteiger partial charge on any atom is 0.0825 e. The maximum absolute atomic E-state index is 9.86. The van der Waals surface area contributed by atoms with Gasteiger partial charge in [0.05, 0.1) is 5.60 Å². The van der Waals surface area contributed by atoms with E-state index in [1.807, 2.05) is 0 Å².